The van der Waals surface area contributed by atoms with Gasteiger partial charge >= 0.3 is 0 Å². The molecule has 0 bridgehead atoms. The van der Waals surface area contributed by atoms with Crippen molar-refractivity contribution in [1.82, 2.24) is 29.9 Å². The second-order valence-electron chi connectivity index (χ2n) is 7.26. The largest absolute Gasteiger partial charge is 0.355 e. The molecule has 1 aliphatic heterocycles. The number of benzene rings is 1. The summed E-state index contributed by atoms with van der Waals surface area (Å²) in [5.74, 6) is 0.469. The zero-order chi connectivity index (χ0) is 21.3. The van der Waals surface area contributed by atoms with Gasteiger partial charge in [-0.1, -0.05) is 43.8 Å². The lowest BCUT2D eigenvalue weighted by Gasteiger charge is -2.34. The highest BCUT2D eigenvalue weighted by Crippen LogP contribution is 2.23. The van der Waals surface area contributed by atoms with Gasteiger partial charge in [0.1, 0.15) is 6.33 Å². The van der Waals surface area contributed by atoms with Gasteiger partial charge in [-0.2, -0.15) is 0 Å². The number of rotatable bonds is 9. The van der Waals surface area contributed by atoms with Crippen molar-refractivity contribution >= 4 is 23.6 Å². The van der Waals surface area contributed by atoms with Crippen molar-refractivity contribution in [3.63, 3.8) is 0 Å². The van der Waals surface area contributed by atoms with E-state index >= 15 is 0 Å². The van der Waals surface area contributed by atoms with Crippen molar-refractivity contribution in [2.75, 3.05) is 45.0 Å². The van der Waals surface area contributed by atoms with E-state index in [1.165, 1.54) is 17.3 Å². The van der Waals surface area contributed by atoms with E-state index in [2.05, 4.69) is 33.4 Å². The summed E-state index contributed by atoms with van der Waals surface area (Å²) in [7, 11) is 0. The topological polar surface area (TPSA) is 83.4 Å². The molecule has 30 heavy (non-hydrogen) atoms. The molecule has 0 spiro atoms. The molecule has 0 atom stereocenters. The van der Waals surface area contributed by atoms with Crippen LogP contribution in [0, 0.1) is 0 Å². The lowest BCUT2D eigenvalue weighted by atomic mass is 10.1. The van der Waals surface area contributed by atoms with E-state index in [0.717, 1.165) is 36.8 Å². The molecule has 1 aliphatic rings. The number of nitrogens with zero attached hydrogens (tertiary/aromatic N) is 5. The fraction of sp³-hybridized carbons (Fsp3) is 0.524. The summed E-state index contributed by atoms with van der Waals surface area (Å²) in [5, 5.41) is 11.9. The number of nitrogens with one attached hydrogen (secondary N) is 1. The summed E-state index contributed by atoms with van der Waals surface area (Å²) in [6.07, 6.45) is 3.55. The van der Waals surface area contributed by atoms with Crippen LogP contribution in [0.3, 0.4) is 0 Å². The maximum atomic E-state index is 12.7. The quantitative estimate of drug-likeness (QED) is 0.609. The third-order valence-electron chi connectivity index (χ3n) is 5.14. The zero-order valence-electron chi connectivity index (χ0n) is 17.7. The Morgan fingerprint density at radius 1 is 1.13 bits per heavy atom. The van der Waals surface area contributed by atoms with E-state index in [1.807, 2.05) is 34.6 Å². The molecule has 0 unspecified atom stereocenters. The van der Waals surface area contributed by atoms with E-state index in [-0.39, 0.29) is 11.8 Å². The summed E-state index contributed by atoms with van der Waals surface area (Å²) in [6.45, 7) is 7.99. The highest BCUT2D eigenvalue weighted by atomic mass is 32.2. The van der Waals surface area contributed by atoms with Gasteiger partial charge in [0.05, 0.1) is 18.0 Å². The fourth-order valence-corrected chi connectivity index (χ4v) is 4.25. The number of aromatic nitrogens is 3. The van der Waals surface area contributed by atoms with Gasteiger partial charge < -0.3 is 10.2 Å². The Morgan fingerprint density at radius 3 is 2.63 bits per heavy atom. The Hall–Kier alpha value is -2.39. The normalized spacial score (nSPS) is 14.7. The minimum atomic E-state index is 0.0545. The van der Waals surface area contributed by atoms with Gasteiger partial charge in [-0.3, -0.25) is 19.1 Å². The van der Waals surface area contributed by atoms with Crippen LogP contribution in [0.25, 0.3) is 5.69 Å². The Bertz CT molecular complexity index is 848. The lowest BCUT2D eigenvalue weighted by Crippen LogP contribution is -2.51. The Morgan fingerprint density at radius 2 is 1.90 bits per heavy atom. The first-order valence-corrected chi connectivity index (χ1v) is 11.5. The molecule has 2 amide bonds. The van der Waals surface area contributed by atoms with Gasteiger partial charge in [-0.25, -0.2) is 0 Å². The van der Waals surface area contributed by atoms with Crippen LogP contribution in [0.2, 0.25) is 0 Å². The van der Waals surface area contributed by atoms with Crippen LogP contribution in [-0.2, 0) is 16.0 Å². The molecule has 1 aromatic heterocycles. The van der Waals surface area contributed by atoms with Crippen LogP contribution < -0.4 is 5.32 Å². The maximum Gasteiger partial charge on any atom is 0.234 e. The number of hydrogen-bond acceptors (Lipinski definition) is 6. The van der Waals surface area contributed by atoms with Crippen molar-refractivity contribution in [2.24, 2.45) is 0 Å². The molecule has 1 fully saturated rings. The monoisotopic (exact) mass is 430 g/mol. The van der Waals surface area contributed by atoms with E-state index in [1.54, 1.807) is 6.33 Å². The minimum absolute atomic E-state index is 0.0545. The standard InChI is InChI=1S/C21H30N6O2S/c1-3-9-22-19(28)14-25-10-12-26(13-11-25)20(29)15-30-21-24-23-16-27(21)18-8-6-5-7-17(18)4-2/h5-8,16H,3-4,9-15H2,1-2H3,(H,22,28). The number of para-hydroxylation sites is 1. The van der Waals surface area contributed by atoms with Crippen molar-refractivity contribution in [1.29, 1.82) is 0 Å². The molecular formula is C21H30N6O2S. The van der Waals surface area contributed by atoms with Gasteiger partial charge in [0.15, 0.2) is 5.16 Å². The smallest absolute Gasteiger partial charge is 0.234 e. The number of aryl methyl sites for hydroxylation is 1. The Labute approximate surface area is 182 Å². The number of hydrogen-bond donors (Lipinski definition) is 1. The molecular weight excluding hydrogens is 400 g/mol. The van der Waals surface area contributed by atoms with Crippen molar-refractivity contribution < 1.29 is 9.59 Å². The Kier molecular flexibility index (Phi) is 8.27. The van der Waals surface area contributed by atoms with Crippen molar-refractivity contribution in [3.8, 4) is 5.69 Å². The molecule has 162 valence electrons. The number of carbonyl (C=O) groups excluding carboxylic acids is 2. The summed E-state index contributed by atoms with van der Waals surface area (Å²) >= 11 is 1.41. The second-order valence-corrected chi connectivity index (χ2v) is 8.20. The number of thioether (sulfide) groups is 1. The number of carbonyl (C=O) groups is 2. The van der Waals surface area contributed by atoms with E-state index in [4.69, 9.17) is 0 Å². The van der Waals surface area contributed by atoms with E-state index in [0.29, 0.717) is 31.9 Å². The first-order chi connectivity index (χ1) is 14.6. The van der Waals surface area contributed by atoms with Crippen LogP contribution in [-0.4, -0.2) is 81.4 Å². The summed E-state index contributed by atoms with van der Waals surface area (Å²) in [4.78, 5) is 28.5. The SMILES string of the molecule is CCCNC(=O)CN1CCN(C(=O)CSc2nncn2-c2ccccc2CC)CC1. The predicted octanol–water partition coefficient (Wildman–Crippen LogP) is 1.59. The average molecular weight is 431 g/mol. The molecule has 0 aliphatic carbocycles. The molecule has 1 N–H and O–H groups in total. The van der Waals surface area contributed by atoms with Gasteiger partial charge in [-0.15, -0.1) is 10.2 Å². The summed E-state index contributed by atoms with van der Waals surface area (Å²) < 4.78 is 1.95. The van der Waals surface area contributed by atoms with Crippen LogP contribution in [0.15, 0.2) is 35.7 Å². The van der Waals surface area contributed by atoms with Crippen LogP contribution in [0.5, 0.6) is 0 Å². The van der Waals surface area contributed by atoms with Gasteiger partial charge in [0.25, 0.3) is 0 Å². The summed E-state index contributed by atoms with van der Waals surface area (Å²) in [5.41, 5.74) is 2.26. The minimum Gasteiger partial charge on any atom is -0.355 e. The molecule has 8 nitrogen and oxygen atoms in total. The molecule has 1 saturated heterocycles. The van der Waals surface area contributed by atoms with E-state index < -0.39 is 0 Å². The van der Waals surface area contributed by atoms with Crippen LogP contribution in [0.1, 0.15) is 25.8 Å². The van der Waals surface area contributed by atoms with Gasteiger partial charge in [0, 0.05) is 32.7 Å². The molecule has 1 aromatic carbocycles. The lowest BCUT2D eigenvalue weighted by molar-refractivity contribution is -0.130. The number of amides is 2. The van der Waals surface area contributed by atoms with Gasteiger partial charge in [0.2, 0.25) is 11.8 Å². The fourth-order valence-electron chi connectivity index (χ4n) is 3.43. The molecule has 9 heteroatoms. The number of piperazine rings is 1. The molecule has 2 aromatic rings. The van der Waals surface area contributed by atoms with Crippen LogP contribution in [0.4, 0.5) is 0 Å². The highest BCUT2D eigenvalue weighted by molar-refractivity contribution is 7.99. The molecule has 0 saturated carbocycles. The first-order valence-electron chi connectivity index (χ1n) is 10.5. The molecule has 0 radical (unpaired) electrons. The van der Waals surface area contributed by atoms with Crippen molar-refractivity contribution in [2.45, 2.75) is 31.8 Å². The Balaban J connectivity index is 1.50. The van der Waals surface area contributed by atoms with Gasteiger partial charge in [-0.05, 0) is 24.5 Å². The predicted molar refractivity (Wildman–Crippen MR) is 118 cm³/mol. The third kappa shape index (κ3) is 5.82. The van der Waals surface area contributed by atoms with Crippen LogP contribution >= 0.6 is 11.8 Å². The summed E-state index contributed by atoms with van der Waals surface area (Å²) in [6, 6.07) is 8.16. The third-order valence-corrected chi connectivity index (χ3v) is 6.07. The second kappa shape index (κ2) is 11.1. The maximum absolute atomic E-state index is 12.7. The molecule has 3 rings (SSSR count). The zero-order valence-corrected chi connectivity index (χ0v) is 18.5. The average Bonchev–Trinajstić information content (AvgIpc) is 3.25. The first kappa shape index (κ1) is 22.3. The van der Waals surface area contributed by atoms with E-state index in [9.17, 15) is 9.59 Å². The highest BCUT2D eigenvalue weighted by Gasteiger charge is 2.23. The molecule has 2 heterocycles. The van der Waals surface area contributed by atoms with Crippen molar-refractivity contribution in [3.05, 3.63) is 36.2 Å².